The summed E-state index contributed by atoms with van der Waals surface area (Å²) >= 11 is 5.94. The van der Waals surface area contributed by atoms with Gasteiger partial charge in [0.1, 0.15) is 5.82 Å². The van der Waals surface area contributed by atoms with E-state index in [9.17, 15) is 4.39 Å². The Morgan fingerprint density at radius 2 is 2.10 bits per heavy atom. The highest BCUT2D eigenvalue weighted by Gasteiger charge is 2.31. The summed E-state index contributed by atoms with van der Waals surface area (Å²) in [6.45, 7) is 5.38. The average molecular weight is 299 g/mol. The molecule has 1 aromatic carbocycles. The highest BCUT2D eigenvalue weighted by molar-refractivity contribution is 6.30. The number of fused-ring (bicyclic) bond motifs is 3. The molecule has 0 spiro atoms. The van der Waals surface area contributed by atoms with Crippen molar-refractivity contribution in [1.82, 2.24) is 9.80 Å². The normalized spacial score (nSPS) is 28.4. The van der Waals surface area contributed by atoms with Gasteiger partial charge in [-0.3, -0.25) is 4.90 Å². The molecule has 0 unspecified atom stereocenters. The zero-order valence-corrected chi connectivity index (χ0v) is 12.4. The SMILES string of the molecule is CN1C[C@@H]2COC[C@H](C1)N(Cc1cc(F)cc(Cl)c1)C2. The van der Waals surface area contributed by atoms with Gasteiger partial charge in [0.05, 0.1) is 13.2 Å². The molecular weight excluding hydrogens is 279 g/mol. The minimum Gasteiger partial charge on any atom is -0.379 e. The van der Waals surface area contributed by atoms with Crippen molar-refractivity contribution in [2.75, 3.05) is 39.9 Å². The van der Waals surface area contributed by atoms with Crippen molar-refractivity contribution in [1.29, 1.82) is 0 Å². The van der Waals surface area contributed by atoms with Crippen molar-refractivity contribution in [2.45, 2.75) is 12.6 Å². The third kappa shape index (κ3) is 3.31. The number of hydrogen-bond acceptors (Lipinski definition) is 3. The Bertz CT molecular complexity index is 465. The van der Waals surface area contributed by atoms with E-state index < -0.39 is 0 Å². The summed E-state index contributed by atoms with van der Waals surface area (Å²) in [5.41, 5.74) is 0.935. The van der Waals surface area contributed by atoms with Gasteiger partial charge in [-0.25, -0.2) is 4.39 Å². The zero-order valence-electron chi connectivity index (χ0n) is 11.7. The fourth-order valence-corrected chi connectivity index (χ4v) is 3.54. The van der Waals surface area contributed by atoms with Crippen LogP contribution in [-0.4, -0.2) is 55.7 Å². The Kier molecular flexibility index (Phi) is 4.26. The minimum atomic E-state index is -0.265. The lowest BCUT2D eigenvalue weighted by molar-refractivity contribution is 0.0562. The molecule has 5 heteroatoms. The number of likely N-dealkylation sites (N-methyl/N-ethyl adjacent to an activating group) is 1. The van der Waals surface area contributed by atoms with Crippen LogP contribution < -0.4 is 0 Å². The molecule has 20 heavy (non-hydrogen) atoms. The molecule has 1 aromatic rings. The molecule has 0 N–H and O–H groups in total. The van der Waals surface area contributed by atoms with Crippen molar-refractivity contribution in [2.24, 2.45) is 5.92 Å². The smallest absolute Gasteiger partial charge is 0.125 e. The predicted molar refractivity (Wildman–Crippen MR) is 77.4 cm³/mol. The van der Waals surface area contributed by atoms with Gasteiger partial charge in [0.25, 0.3) is 0 Å². The molecule has 0 aliphatic carbocycles. The van der Waals surface area contributed by atoms with Gasteiger partial charge in [-0.1, -0.05) is 11.6 Å². The van der Waals surface area contributed by atoms with Crippen LogP contribution in [0.5, 0.6) is 0 Å². The maximum absolute atomic E-state index is 13.5. The van der Waals surface area contributed by atoms with E-state index >= 15 is 0 Å². The number of halogens is 2. The highest BCUT2D eigenvalue weighted by Crippen LogP contribution is 2.22. The standard InChI is InChI=1S/C15H20ClFN2O/c1-18-5-12-7-19(15(8-18)10-20-9-12)6-11-2-13(16)4-14(17)3-11/h2-4,12,15H,5-10H2,1H3/t12-,15-/m0/s1. The molecule has 3 rings (SSSR count). The van der Waals surface area contributed by atoms with Crippen LogP contribution in [0.15, 0.2) is 18.2 Å². The maximum atomic E-state index is 13.5. The summed E-state index contributed by atoms with van der Waals surface area (Å²) < 4.78 is 19.2. The van der Waals surface area contributed by atoms with Gasteiger partial charge < -0.3 is 9.64 Å². The van der Waals surface area contributed by atoms with E-state index in [4.69, 9.17) is 16.3 Å². The lowest BCUT2D eigenvalue weighted by Gasteiger charge is -2.29. The van der Waals surface area contributed by atoms with Crippen molar-refractivity contribution in [3.8, 4) is 0 Å². The van der Waals surface area contributed by atoms with Gasteiger partial charge in [-0.05, 0) is 30.8 Å². The largest absolute Gasteiger partial charge is 0.379 e. The lowest BCUT2D eigenvalue weighted by atomic mass is 10.1. The summed E-state index contributed by atoms with van der Waals surface area (Å²) in [6.07, 6.45) is 0. The van der Waals surface area contributed by atoms with Crippen LogP contribution in [0, 0.1) is 11.7 Å². The van der Waals surface area contributed by atoms with Gasteiger partial charge in [-0.15, -0.1) is 0 Å². The van der Waals surface area contributed by atoms with Crippen molar-refractivity contribution in [3.05, 3.63) is 34.6 Å². The Morgan fingerprint density at radius 3 is 2.90 bits per heavy atom. The first-order chi connectivity index (χ1) is 9.60. The molecule has 0 aromatic heterocycles. The van der Waals surface area contributed by atoms with Crippen LogP contribution in [0.4, 0.5) is 4.39 Å². The first-order valence-electron chi connectivity index (χ1n) is 7.05. The first-order valence-corrected chi connectivity index (χ1v) is 7.43. The van der Waals surface area contributed by atoms with Gasteiger partial charge in [0.2, 0.25) is 0 Å². The molecule has 110 valence electrons. The summed E-state index contributed by atoms with van der Waals surface area (Å²) in [7, 11) is 2.16. The lowest BCUT2D eigenvalue weighted by Crippen LogP contribution is -2.42. The van der Waals surface area contributed by atoms with Crippen molar-refractivity contribution >= 4 is 11.6 Å². The Hall–Kier alpha value is -0.680. The number of rotatable bonds is 2. The fourth-order valence-electron chi connectivity index (χ4n) is 3.29. The van der Waals surface area contributed by atoms with Crippen molar-refractivity contribution in [3.63, 3.8) is 0 Å². The summed E-state index contributed by atoms with van der Waals surface area (Å²) in [6, 6.07) is 5.15. The fraction of sp³-hybridized carbons (Fsp3) is 0.600. The molecular formula is C15H20ClFN2O. The number of ether oxygens (including phenoxy) is 1. The van der Waals surface area contributed by atoms with Crippen molar-refractivity contribution < 1.29 is 9.13 Å². The molecule has 2 aliphatic heterocycles. The van der Waals surface area contributed by atoms with E-state index in [1.807, 2.05) is 6.07 Å². The van der Waals surface area contributed by atoms with Crippen LogP contribution in [0.25, 0.3) is 0 Å². The second-order valence-corrected chi connectivity index (χ2v) is 6.42. The van der Waals surface area contributed by atoms with Crippen LogP contribution in [0.2, 0.25) is 5.02 Å². The minimum absolute atomic E-state index is 0.265. The second-order valence-electron chi connectivity index (χ2n) is 5.99. The van der Waals surface area contributed by atoms with E-state index in [0.29, 0.717) is 17.0 Å². The van der Waals surface area contributed by atoms with E-state index in [0.717, 1.165) is 45.0 Å². The summed E-state index contributed by atoms with van der Waals surface area (Å²) in [5.74, 6) is 0.259. The van der Waals surface area contributed by atoms with E-state index in [1.165, 1.54) is 6.07 Å². The molecule has 2 fully saturated rings. The molecule has 2 saturated heterocycles. The number of nitrogens with zero attached hydrogens (tertiary/aromatic N) is 2. The summed E-state index contributed by atoms with van der Waals surface area (Å²) in [5, 5.41) is 0.464. The quantitative estimate of drug-likeness (QED) is 0.833. The number of hydrogen-bond donors (Lipinski definition) is 0. The van der Waals surface area contributed by atoms with Gasteiger partial charge in [0.15, 0.2) is 0 Å². The predicted octanol–water partition coefficient (Wildman–Crippen LogP) is 2.24. The molecule has 0 amide bonds. The molecule has 2 atom stereocenters. The van der Waals surface area contributed by atoms with Gasteiger partial charge in [0, 0.05) is 43.2 Å². The highest BCUT2D eigenvalue weighted by atomic mass is 35.5. The second kappa shape index (κ2) is 5.98. The Balaban J connectivity index is 1.78. The van der Waals surface area contributed by atoms with Gasteiger partial charge in [-0.2, -0.15) is 0 Å². The maximum Gasteiger partial charge on any atom is 0.125 e. The first kappa shape index (κ1) is 14.3. The number of benzene rings is 1. The van der Waals surface area contributed by atoms with E-state index in [-0.39, 0.29) is 5.82 Å². The molecule has 0 saturated carbocycles. The average Bonchev–Trinajstić information content (AvgIpc) is 2.57. The molecule has 3 nitrogen and oxygen atoms in total. The third-order valence-electron chi connectivity index (χ3n) is 4.07. The van der Waals surface area contributed by atoms with Crippen LogP contribution >= 0.6 is 11.6 Å². The topological polar surface area (TPSA) is 15.7 Å². The third-order valence-corrected chi connectivity index (χ3v) is 4.29. The van der Waals surface area contributed by atoms with Gasteiger partial charge >= 0.3 is 0 Å². The molecule has 2 heterocycles. The monoisotopic (exact) mass is 298 g/mol. The van der Waals surface area contributed by atoms with Crippen LogP contribution in [-0.2, 0) is 11.3 Å². The molecule has 2 aliphatic rings. The van der Waals surface area contributed by atoms with E-state index in [1.54, 1.807) is 6.07 Å². The Labute approximate surface area is 124 Å². The Morgan fingerprint density at radius 1 is 1.25 bits per heavy atom. The molecule has 2 bridgehead atoms. The summed E-state index contributed by atoms with van der Waals surface area (Å²) in [4.78, 5) is 4.78. The van der Waals surface area contributed by atoms with Crippen LogP contribution in [0.1, 0.15) is 5.56 Å². The van der Waals surface area contributed by atoms with Crippen LogP contribution in [0.3, 0.4) is 0 Å². The van der Waals surface area contributed by atoms with E-state index in [2.05, 4.69) is 16.8 Å². The molecule has 0 radical (unpaired) electrons. The zero-order chi connectivity index (χ0) is 14.1.